The van der Waals surface area contributed by atoms with E-state index < -0.39 is 0 Å². The minimum absolute atomic E-state index is 0.542. The zero-order valence-electron chi connectivity index (χ0n) is 29.1. The molecule has 0 unspecified atom stereocenters. The molecule has 0 atom stereocenters. The third-order valence-electron chi connectivity index (χ3n) is 11.4. The van der Waals surface area contributed by atoms with Crippen molar-refractivity contribution in [3.8, 4) is 51.0 Å². The summed E-state index contributed by atoms with van der Waals surface area (Å²) in [5.74, 6) is 1.73. The Morgan fingerprint density at radius 3 is 1.24 bits per heavy atom. The summed E-state index contributed by atoms with van der Waals surface area (Å²) in [6, 6.07) is 54.7. The topological polar surface area (TPSA) is 69.9 Å². The van der Waals surface area contributed by atoms with E-state index in [4.69, 9.17) is 23.8 Å². The molecule has 0 saturated heterocycles. The second-order valence-corrected chi connectivity index (χ2v) is 14.4. The molecule has 0 bridgehead atoms. The third kappa shape index (κ3) is 3.94. The molecule has 0 fully saturated rings. The molecule has 0 spiro atoms. The molecule has 4 heterocycles. The van der Waals surface area contributed by atoms with E-state index in [1.807, 2.05) is 12.1 Å². The smallest absolute Gasteiger partial charge is 0.238 e. The van der Waals surface area contributed by atoms with Crippen molar-refractivity contribution in [1.82, 2.24) is 19.5 Å². The Balaban J connectivity index is 1.14. The van der Waals surface area contributed by atoms with E-state index in [-0.39, 0.29) is 0 Å². The first-order chi connectivity index (χ1) is 27.2. The molecule has 13 aromatic rings. The van der Waals surface area contributed by atoms with Gasteiger partial charge >= 0.3 is 0 Å². The largest absolute Gasteiger partial charge is 0.456 e. The van der Waals surface area contributed by atoms with Crippen molar-refractivity contribution in [2.75, 3.05) is 0 Å². The Hall–Kier alpha value is -7.57. The molecule has 13 rings (SSSR count). The third-order valence-corrected chi connectivity index (χ3v) is 11.4. The number of furan rings is 2. The molecule has 0 radical (unpaired) electrons. The monoisotopic (exact) mass is 702 g/mol. The van der Waals surface area contributed by atoms with E-state index in [9.17, 15) is 0 Å². The van der Waals surface area contributed by atoms with Crippen LogP contribution in [0.1, 0.15) is 0 Å². The van der Waals surface area contributed by atoms with Gasteiger partial charge in [0.1, 0.15) is 22.3 Å². The SMILES string of the molecule is c1ccc(-c2cccc(-c3nc(-c4cccc(-c5ccccc5)c4)nc(-n4c5ccc6oc7ccc8ccc9oc%10ccc4c4c%10c9c8c7c6c45)n3)c2)cc1. The van der Waals surface area contributed by atoms with Crippen LogP contribution < -0.4 is 0 Å². The van der Waals surface area contributed by atoms with Crippen LogP contribution in [0.25, 0.3) is 127 Å². The summed E-state index contributed by atoms with van der Waals surface area (Å²) >= 11 is 0. The highest BCUT2D eigenvalue weighted by Gasteiger charge is 2.28. The molecule has 4 aromatic heterocycles. The quantitative estimate of drug-likeness (QED) is 0.179. The highest BCUT2D eigenvalue weighted by molar-refractivity contribution is 6.44. The zero-order valence-corrected chi connectivity index (χ0v) is 29.1. The van der Waals surface area contributed by atoms with Crippen molar-refractivity contribution in [2.24, 2.45) is 0 Å². The number of benzene rings is 8. The van der Waals surface area contributed by atoms with E-state index >= 15 is 0 Å². The first-order valence-electron chi connectivity index (χ1n) is 18.4. The molecule has 9 aromatic carbocycles. The van der Waals surface area contributed by atoms with E-state index in [0.717, 1.165) is 99.1 Å². The van der Waals surface area contributed by atoms with E-state index in [0.29, 0.717) is 17.6 Å². The van der Waals surface area contributed by atoms with Crippen LogP contribution in [-0.2, 0) is 0 Å². The highest BCUT2D eigenvalue weighted by Crippen LogP contribution is 2.51. The highest BCUT2D eigenvalue weighted by atomic mass is 16.3. The average molecular weight is 703 g/mol. The fourth-order valence-electron chi connectivity index (χ4n) is 8.98. The number of rotatable bonds is 5. The van der Waals surface area contributed by atoms with Gasteiger partial charge in [0.15, 0.2) is 11.6 Å². The van der Waals surface area contributed by atoms with Crippen molar-refractivity contribution in [1.29, 1.82) is 0 Å². The van der Waals surface area contributed by atoms with Crippen LogP contribution in [0.3, 0.4) is 0 Å². The van der Waals surface area contributed by atoms with Crippen molar-refractivity contribution < 1.29 is 8.83 Å². The number of hydrogen-bond acceptors (Lipinski definition) is 5. The van der Waals surface area contributed by atoms with Gasteiger partial charge in [-0.2, -0.15) is 9.97 Å². The average Bonchev–Trinajstić information content (AvgIpc) is 3.90. The fraction of sp³-hybridized carbons (Fsp3) is 0. The maximum atomic E-state index is 6.57. The minimum Gasteiger partial charge on any atom is -0.456 e. The summed E-state index contributed by atoms with van der Waals surface area (Å²) in [5, 5.41) is 9.03. The van der Waals surface area contributed by atoms with Gasteiger partial charge in [0.25, 0.3) is 0 Å². The second-order valence-electron chi connectivity index (χ2n) is 14.4. The fourth-order valence-corrected chi connectivity index (χ4v) is 8.98. The van der Waals surface area contributed by atoms with Crippen LogP contribution in [0.15, 0.2) is 167 Å². The molecule has 0 amide bonds. The van der Waals surface area contributed by atoms with Gasteiger partial charge in [-0.15, -0.1) is 0 Å². The van der Waals surface area contributed by atoms with Crippen molar-refractivity contribution in [2.45, 2.75) is 0 Å². The molecular weight excluding hydrogens is 677 g/mol. The summed E-state index contributed by atoms with van der Waals surface area (Å²) in [7, 11) is 0. The Morgan fingerprint density at radius 1 is 0.327 bits per heavy atom. The van der Waals surface area contributed by atoms with E-state index in [1.165, 1.54) is 10.8 Å². The Morgan fingerprint density at radius 2 is 0.745 bits per heavy atom. The summed E-state index contributed by atoms with van der Waals surface area (Å²) in [6.07, 6.45) is 0. The predicted octanol–water partition coefficient (Wildman–Crippen LogP) is 12.9. The first kappa shape index (κ1) is 28.9. The lowest BCUT2D eigenvalue weighted by atomic mass is 10.0. The predicted molar refractivity (Wildman–Crippen MR) is 222 cm³/mol. The molecule has 0 N–H and O–H groups in total. The molecule has 0 aliphatic carbocycles. The number of aromatic nitrogens is 4. The molecule has 0 aliphatic rings. The molecular formula is C49H26N4O2. The lowest BCUT2D eigenvalue weighted by molar-refractivity contribution is 0.669. The van der Waals surface area contributed by atoms with Gasteiger partial charge in [0, 0.05) is 48.8 Å². The van der Waals surface area contributed by atoms with Crippen LogP contribution in [0.4, 0.5) is 0 Å². The molecule has 0 saturated carbocycles. The molecule has 55 heavy (non-hydrogen) atoms. The van der Waals surface area contributed by atoms with Crippen molar-refractivity contribution in [3.63, 3.8) is 0 Å². The second kappa shape index (κ2) is 10.5. The van der Waals surface area contributed by atoms with Crippen molar-refractivity contribution in [3.05, 3.63) is 158 Å². The molecule has 6 heteroatoms. The van der Waals surface area contributed by atoms with Gasteiger partial charge in [-0.05, 0) is 76.2 Å². The molecule has 6 nitrogen and oxygen atoms in total. The molecule has 0 aliphatic heterocycles. The van der Waals surface area contributed by atoms with Gasteiger partial charge in [0.05, 0.1) is 11.0 Å². The van der Waals surface area contributed by atoms with Gasteiger partial charge < -0.3 is 8.83 Å². The van der Waals surface area contributed by atoms with Crippen LogP contribution in [-0.4, -0.2) is 19.5 Å². The van der Waals surface area contributed by atoms with Crippen LogP contribution in [0.5, 0.6) is 0 Å². The van der Waals surface area contributed by atoms with Crippen LogP contribution in [0, 0.1) is 0 Å². The van der Waals surface area contributed by atoms with Crippen LogP contribution >= 0.6 is 0 Å². The summed E-state index contributed by atoms with van der Waals surface area (Å²) in [4.78, 5) is 15.8. The lowest BCUT2D eigenvalue weighted by Gasteiger charge is -2.12. The lowest BCUT2D eigenvalue weighted by Crippen LogP contribution is -2.06. The number of nitrogens with zero attached hydrogens (tertiary/aromatic N) is 4. The van der Waals surface area contributed by atoms with Crippen molar-refractivity contribution >= 4 is 76.5 Å². The standard InChI is InChI=1S/C49H26N4O2/c1-3-9-27(10-4-1)30-13-7-15-32(25-30)47-50-48(33-16-8-14-31(26-33)28-11-5-2-6-12-28)52-49(51-47)53-34-19-23-38-45-41(34)42-35(53)20-24-39-46(42)44-37(55-39)22-18-29-17-21-36(54-38)43(45)40(29)44/h1-26H. The Bertz CT molecular complexity index is 3370. The normalized spacial score (nSPS) is 12.4. The van der Waals surface area contributed by atoms with E-state index in [2.05, 4.69) is 150 Å². The first-order valence-corrected chi connectivity index (χ1v) is 18.4. The Labute approximate surface area is 312 Å². The van der Waals surface area contributed by atoms with E-state index in [1.54, 1.807) is 0 Å². The Kier molecular flexibility index (Phi) is 5.54. The maximum absolute atomic E-state index is 6.57. The molecule has 254 valence electrons. The van der Waals surface area contributed by atoms with Gasteiger partial charge in [-0.3, -0.25) is 4.57 Å². The van der Waals surface area contributed by atoms with Gasteiger partial charge in [-0.1, -0.05) is 109 Å². The minimum atomic E-state index is 0.542. The summed E-state index contributed by atoms with van der Waals surface area (Å²) in [5.41, 5.74) is 11.7. The van der Waals surface area contributed by atoms with Gasteiger partial charge in [0.2, 0.25) is 5.95 Å². The summed E-state index contributed by atoms with van der Waals surface area (Å²) in [6.45, 7) is 0. The maximum Gasteiger partial charge on any atom is 0.238 e. The van der Waals surface area contributed by atoms with Gasteiger partial charge in [-0.25, -0.2) is 4.98 Å². The number of hydrogen-bond donors (Lipinski definition) is 0. The zero-order chi connectivity index (χ0) is 35.8. The summed E-state index contributed by atoms with van der Waals surface area (Å²) < 4.78 is 15.3. The van der Waals surface area contributed by atoms with Crippen LogP contribution in [0.2, 0.25) is 0 Å².